The molecular weight excluding hydrogens is 340 g/mol. The van der Waals surface area contributed by atoms with Crippen LogP contribution in [0.4, 0.5) is 0 Å². The minimum atomic E-state index is 0.0161. The van der Waals surface area contributed by atoms with E-state index in [-0.39, 0.29) is 12.0 Å². The molecule has 4 rings (SSSR count). The number of ether oxygens (including phenoxy) is 1. The number of piperidine rings is 1. The van der Waals surface area contributed by atoms with Crippen LogP contribution in [-0.2, 0) is 0 Å². The Labute approximate surface area is 150 Å². The number of aromatic nitrogens is 3. The van der Waals surface area contributed by atoms with Gasteiger partial charge in [0.2, 0.25) is 0 Å². The summed E-state index contributed by atoms with van der Waals surface area (Å²) >= 11 is 5.89. The van der Waals surface area contributed by atoms with Gasteiger partial charge in [-0.05, 0) is 36.4 Å². The highest BCUT2D eigenvalue weighted by atomic mass is 35.5. The van der Waals surface area contributed by atoms with Crippen LogP contribution in [0.1, 0.15) is 23.2 Å². The van der Waals surface area contributed by atoms with Gasteiger partial charge < -0.3 is 9.64 Å². The molecule has 25 heavy (non-hydrogen) atoms. The number of likely N-dealkylation sites (tertiary alicyclic amines) is 1. The third-order valence-corrected chi connectivity index (χ3v) is 4.62. The van der Waals surface area contributed by atoms with Gasteiger partial charge >= 0.3 is 0 Å². The van der Waals surface area contributed by atoms with Crippen LogP contribution in [0.2, 0.25) is 5.02 Å². The lowest BCUT2D eigenvalue weighted by Crippen LogP contribution is -2.41. The number of amides is 1. The van der Waals surface area contributed by atoms with Gasteiger partial charge in [-0.1, -0.05) is 11.6 Å². The normalized spacial score (nSPS) is 15.5. The molecule has 7 heteroatoms. The molecular formula is C18H17ClN4O2. The highest BCUT2D eigenvalue weighted by Crippen LogP contribution is 2.22. The van der Waals surface area contributed by atoms with Crippen molar-refractivity contribution in [2.75, 3.05) is 13.1 Å². The number of nitrogens with zero attached hydrogens (tertiary/aromatic N) is 4. The van der Waals surface area contributed by atoms with Crippen LogP contribution in [-0.4, -0.2) is 44.6 Å². The van der Waals surface area contributed by atoms with Gasteiger partial charge in [0.1, 0.15) is 18.2 Å². The molecule has 6 nitrogen and oxygen atoms in total. The topological polar surface area (TPSA) is 59.7 Å². The van der Waals surface area contributed by atoms with E-state index in [4.69, 9.17) is 16.3 Å². The molecule has 0 saturated carbocycles. The molecule has 0 spiro atoms. The molecule has 3 aromatic rings. The molecule has 128 valence electrons. The van der Waals surface area contributed by atoms with Gasteiger partial charge in [0.05, 0.1) is 5.56 Å². The van der Waals surface area contributed by atoms with Crippen molar-refractivity contribution in [1.29, 1.82) is 0 Å². The molecule has 2 aromatic heterocycles. The van der Waals surface area contributed by atoms with E-state index in [1.807, 2.05) is 29.2 Å². The summed E-state index contributed by atoms with van der Waals surface area (Å²) in [6.07, 6.45) is 4.92. The van der Waals surface area contributed by atoms with Gasteiger partial charge in [0.15, 0.2) is 5.65 Å². The number of benzene rings is 1. The Morgan fingerprint density at radius 1 is 1.12 bits per heavy atom. The first-order valence-electron chi connectivity index (χ1n) is 8.20. The number of pyridine rings is 1. The van der Waals surface area contributed by atoms with E-state index in [0.29, 0.717) is 23.7 Å². The molecule has 0 unspecified atom stereocenters. The van der Waals surface area contributed by atoms with Gasteiger partial charge in [-0.3, -0.25) is 4.79 Å². The number of rotatable bonds is 3. The molecule has 1 aliphatic heterocycles. The molecule has 0 aliphatic carbocycles. The molecule has 1 aromatic carbocycles. The zero-order chi connectivity index (χ0) is 17.2. The summed E-state index contributed by atoms with van der Waals surface area (Å²) in [5.74, 6) is 0.827. The SMILES string of the molecule is O=C(c1ccc2ncnn2c1)N1CCC(Oc2ccc(Cl)cc2)CC1. The highest BCUT2D eigenvalue weighted by Gasteiger charge is 2.25. The molecule has 0 atom stereocenters. The van der Waals surface area contributed by atoms with Crippen molar-refractivity contribution in [3.63, 3.8) is 0 Å². The predicted molar refractivity (Wildman–Crippen MR) is 94.0 cm³/mol. The average Bonchev–Trinajstić information content (AvgIpc) is 3.11. The zero-order valence-corrected chi connectivity index (χ0v) is 14.3. The molecule has 0 bridgehead atoms. The minimum absolute atomic E-state index is 0.0161. The summed E-state index contributed by atoms with van der Waals surface area (Å²) in [7, 11) is 0. The van der Waals surface area contributed by atoms with Crippen LogP contribution in [0.25, 0.3) is 5.65 Å². The van der Waals surface area contributed by atoms with Crippen molar-refractivity contribution in [3.8, 4) is 5.75 Å². The lowest BCUT2D eigenvalue weighted by molar-refractivity contribution is 0.0595. The maximum Gasteiger partial charge on any atom is 0.255 e. The zero-order valence-electron chi connectivity index (χ0n) is 13.5. The lowest BCUT2D eigenvalue weighted by Gasteiger charge is -2.32. The molecule has 0 N–H and O–H groups in total. The largest absolute Gasteiger partial charge is 0.490 e. The second kappa shape index (κ2) is 6.72. The summed E-state index contributed by atoms with van der Waals surface area (Å²) in [5.41, 5.74) is 1.35. The first-order chi connectivity index (χ1) is 12.2. The lowest BCUT2D eigenvalue weighted by atomic mass is 10.1. The van der Waals surface area contributed by atoms with E-state index < -0.39 is 0 Å². The van der Waals surface area contributed by atoms with E-state index in [0.717, 1.165) is 24.2 Å². The van der Waals surface area contributed by atoms with E-state index in [1.165, 1.54) is 6.33 Å². The Kier molecular flexibility index (Phi) is 4.28. The molecule has 1 amide bonds. The van der Waals surface area contributed by atoms with Gasteiger partial charge in [-0.15, -0.1) is 0 Å². The molecule has 3 heterocycles. The first-order valence-corrected chi connectivity index (χ1v) is 8.58. The van der Waals surface area contributed by atoms with Crippen molar-refractivity contribution in [2.24, 2.45) is 0 Å². The van der Waals surface area contributed by atoms with Crippen molar-refractivity contribution in [1.82, 2.24) is 19.5 Å². The van der Waals surface area contributed by atoms with Gasteiger partial charge in [0.25, 0.3) is 5.91 Å². The average molecular weight is 357 g/mol. The van der Waals surface area contributed by atoms with Crippen molar-refractivity contribution < 1.29 is 9.53 Å². The van der Waals surface area contributed by atoms with Crippen molar-refractivity contribution >= 4 is 23.2 Å². The predicted octanol–water partition coefficient (Wildman–Crippen LogP) is 3.07. The summed E-state index contributed by atoms with van der Waals surface area (Å²) in [4.78, 5) is 18.6. The smallest absolute Gasteiger partial charge is 0.255 e. The second-order valence-electron chi connectivity index (χ2n) is 6.04. The Morgan fingerprint density at radius 2 is 1.88 bits per heavy atom. The third kappa shape index (κ3) is 3.44. The van der Waals surface area contributed by atoms with Crippen LogP contribution >= 0.6 is 11.6 Å². The summed E-state index contributed by atoms with van der Waals surface area (Å²) in [6, 6.07) is 11.0. The van der Waals surface area contributed by atoms with Crippen LogP contribution in [0.3, 0.4) is 0 Å². The number of carbonyl (C=O) groups is 1. The van der Waals surface area contributed by atoms with E-state index in [2.05, 4.69) is 10.1 Å². The van der Waals surface area contributed by atoms with Gasteiger partial charge in [-0.25, -0.2) is 9.50 Å². The molecule has 1 fully saturated rings. The molecule has 1 aliphatic rings. The number of halogens is 1. The van der Waals surface area contributed by atoms with Crippen LogP contribution in [0, 0.1) is 0 Å². The fraction of sp³-hybridized carbons (Fsp3) is 0.278. The van der Waals surface area contributed by atoms with Crippen LogP contribution in [0.15, 0.2) is 48.9 Å². The fourth-order valence-corrected chi connectivity index (χ4v) is 3.13. The summed E-state index contributed by atoms with van der Waals surface area (Å²) in [6.45, 7) is 1.35. The minimum Gasteiger partial charge on any atom is -0.490 e. The van der Waals surface area contributed by atoms with E-state index in [9.17, 15) is 4.79 Å². The maximum absolute atomic E-state index is 12.7. The summed E-state index contributed by atoms with van der Waals surface area (Å²) in [5, 5.41) is 4.77. The van der Waals surface area contributed by atoms with Gasteiger partial charge in [0, 0.05) is 37.2 Å². The third-order valence-electron chi connectivity index (χ3n) is 4.37. The van der Waals surface area contributed by atoms with Crippen molar-refractivity contribution in [2.45, 2.75) is 18.9 Å². The monoisotopic (exact) mass is 356 g/mol. The van der Waals surface area contributed by atoms with Crippen LogP contribution < -0.4 is 4.74 Å². The number of fused-ring (bicyclic) bond motifs is 1. The maximum atomic E-state index is 12.7. The Balaban J connectivity index is 1.37. The Bertz CT molecular complexity index is 885. The Hall–Kier alpha value is -2.60. The van der Waals surface area contributed by atoms with Crippen molar-refractivity contribution in [3.05, 3.63) is 59.5 Å². The number of hydrogen-bond acceptors (Lipinski definition) is 4. The molecule has 1 saturated heterocycles. The first kappa shape index (κ1) is 15.9. The second-order valence-corrected chi connectivity index (χ2v) is 6.48. The van der Waals surface area contributed by atoms with Crippen LogP contribution in [0.5, 0.6) is 5.75 Å². The summed E-state index contributed by atoms with van der Waals surface area (Å²) < 4.78 is 7.59. The standard InChI is InChI=1S/C18H17ClN4O2/c19-14-2-4-15(5-3-14)25-16-7-9-22(10-8-16)18(24)13-1-6-17-20-12-21-23(17)11-13/h1-6,11-12,16H,7-10H2. The number of hydrogen-bond donors (Lipinski definition) is 0. The highest BCUT2D eigenvalue weighted by molar-refractivity contribution is 6.30. The van der Waals surface area contributed by atoms with E-state index >= 15 is 0 Å². The molecule has 0 radical (unpaired) electrons. The Morgan fingerprint density at radius 3 is 2.64 bits per heavy atom. The van der Waals surface area contributed by atoms with Gasteiger partial charge in [-0.2, -0.15) is 5.10 Å². The van der Waals surface area contributed by atoms with E-state index in [1.54, 1.807) is 22.8 Å². The quantitative estimate of drug-likeness (QED) is 0.723. The number of carbonyl (C=O) groups excluding carboxylic acids is 1. The fourth-order valence-electron chi connectivity index (χ4n) is 3.01.